The second-order valence-corrected chi connectivity index (χ2v) is 4.12. The van der Waals surface area contributed by atoms with Crippen LogP contribution in [0.1, 0.15) is 19.4 Å². The maximum atomic E-state index is 12.5. The first-order valence-electron chi connectivity index (χ1n) is 5.37. The Hall–Kier alpha value is -1.23. The van der Waals surface area contributed by atoms with Crippen LogP contribution in [0.15, 0.2) is 24.3 Å². The zero-order valence-corrected chi connectivity index (χ0v) is 9.83. The second kappa shape index (κ2) is 5.40. The summed E-state index contributed by atoms with van der Waals surface area (Å²) in [5, 5.41) is 9.14. The topological polar surface area (TPSA) is 23.5 Å². The van der Waals surface area contributed by atoms with Crippen LogP contribution in [0, 0.1) is 0 Å². The zero-order valence-electron chi connectivity index (χ0n) is 9.83. The van der Waals surface area contributed by atoms with Crippen molar-refractivity contribution < 1.29 is 18.3 Å². The molecule has 5 heteroatoms. The number of aliphatic hydroxyl groups is 1. The first-order chi connectivity index (χ1) is 7.85. The van der Waals surface area contributed by atoms with Gasteiger partial charge in [0.2, 0.25) is 0 Å². The Morgan fingerprint density at radius 2 is 1.82 bits per heavy atom. The highest BCUT2D eigenvalue weighted by Gasteiger charge is 2.32. The highest BCUT2D eigenvalue weighted by molar-refractivity contribution is 5.54. The highest BCUT2D eigenvalue weighted by Crippen LogP contribution is 2.27. The highest BCUT2D eigenvalue weighted by atomic mass is 19.4. The lowest BCUT2D eigenvalue weighted by Gasteiger charge is -2.31. The van der Waals surface area contributed by atoms with Gasteiger partial charge in [-0.3, -0.25) is 0 Å². The van der Waals surface area contributed by atoms with Crippen LogP contribution in [-0.2, 0) is 6.61 Å². The van der Waals surface area contributed by atoms with Gasteiger partial charge in [-0.25, -0.2) is 0 Å². The summed E-state index contributed by atoms with van der Waals surface area (Å²) in [7, 11) is 0. The number of hydrogen-bond acceptors (Lipinski definition) is 2. The van der Waals surface area contributed by atoms with Crippen LogP contribution in [0.4, 0.5) is 18.9 Å². The second-order valence-electron chi connectivity index (χ2n) is 4.12. The summed E-state index contributed by atoms with van der Waals surface area (Å²) in [6, 6.07) is 6.30. The minimum Gasteiger partial charge on any atom is -0.392 e. The molecule has 0 aliphatic rings. The third-order valence-corrected chi connectivity index (χ3v) is 2.44. The predicted octanol–water partition coefficient (Wildman–Crippen LogP) is 2.96. The quantitative estimate of drug-likeness (QED) is 0.884. The van der Waals surface area contributed by atoms with Gasteiger partial charge in [-0.05, 0) is 19.9 Å². The Morgan fingerprint density at radius 3 is 2.29 bits per heavy atom. The summed E-state index contributed by atoms with van der Waals surface area (Å²) in [4.78, 5) is 1.24. The molecule has 1 rings (SSSR count). The van der Waals surface area contributed by atoms with Gasteiger partial charge in [0.15, 0.2) is 0 Å². The first kappa shape index (κ1) is 13.8. The Morgan fingerprint density at radius 1 is 1.24 bits per heavy atom. The van der Waals surface area contributed by atoms with Crippen LogP contribution >= 0.6 is 0 Å². The summed E-state index contributed by atoms with van der Waals surface area (Å²) in [6.07, 6.45) is -4.26. The Balaban J connectivity index is 3.05. The third kappa shape index (κ3) is 3.93. The normalized spacial score (nSPS) is 11.9. The number of para-hydroxylation sites is 1. The monoisotopic (exact) mass is 247 g/mol. The molecule has 0 saturated carbocycles. The molecule has 1 N–H and O–H groups in total. The number of anilines is 1. The standard InChI is InChI=1S/C12H16F3NO/c1-9(2)16(8-12(13,14)15)11-6-4-3-5-10(11)7-17/h3-6,9,17H,7-8H2,1-2H3. The fraction of sp³-hybridized carbons (Fsp3) is 0.500. The van der Waals surface area contributed by atoms with Gasteiger partial charge < -0.3 is 10.0 Å². The van der Waals surface area contributed by atoms with E-state index in [-0.39, 0.29) is 12.6 Å². The molecule has 0 aliphatic heterocycles. The molecule has 0 amide bonds. The molecule has 17 heavy (non-hydrogen) atoms. The smallest absolute Gasteiger partial charge is 0.392 e. The van der Waals surface area contributed by atoms with E-state index in [0.717, 1.165) is 0 Å². The van der Waals surface area contributed by atoms with Crippen molar-refractivity contribution in [2.75, 3.05) is 11.4 Å². The van der Waals surface area contributed by atoms with E-state index in [0.29, 0.717) is 11.3 Å². The van der Waals surface area contributed by atoms with Gasteiger partial charge in [0.1, 0.15) is 6.54 Å². The van der Waals surface area contributed by atoms with Gasteiger partial charge in [0.25, 0.3) is 0 Å². The van der Waals surface area contributed by atoms with Gasteiger partial charge in [-0.2, -0.15) is 13.2 Å². The molecule has 1 aromatic rings. The summed E-state index contributed by atoms with van der Waals surface area (Å²) in [5.74, 6) is 0. The summed E-state index contributed by atoms with van der Waals surface area (Å²) >= 11 is 0. The van der Waals surface area contributed by atoms with E-state index in [1.807, 2.05) is 0 Å². The fourth-order valence-corrected chi connectivity index (χ4v) is 1.66. The lowest BCUT2D eigenvalue weighted by atomic mass is 10.1. The summed E-state index contributed by atoms with van der Waals surface area (Å²) < 4.78 is 37.4. The molecule has 0 heterocycles. The lowest BCUT2D eigenvalue weighted by molar-refractivity contribution is -0.120. The molecule has 0 saturated heterocycles. The Kier molecular flexibility index (Phi) is 4.40. The van der Waals surface area contributed by atoms with Crippen LogP contribution in [0.2, 0.25) is 0 Å². The molecule has 0 spiro atoms. The molecule has 0 fully saturated rings. The number of alkyl halides is 3. The fourth-order valence-electron chi connectivity index (χ4n) is 1.66. The van der Waals surface area contributed by atoms with Gasteiger partial charge in [-0.1, -0.05) is 18.2 Å². The van der Waals surface area contributed by atoms with Crippen molar-refractivity contribution in [3.63, 3.8) is 0 Å². The molecule has 0 atom stereocenters. The number of halogens is 3. The van der Waals surface area contributed by atoms with Crippen molar-refractivity contribution in [1.82, 2.24) is 0 Å². The molecule has 0 aliphatic carbocycles. The molecule has 0 aromatic heterocycles. The van der Waals surface area contributed by atoms with E-state index in [1.165, 1.54) is 4.90 Å². The predicted molar refractivity (Wildman–Crippen MR) is 60.9 cm³/mol. The van der Waals surface area contributed by atoms with E-state index >= 15 is 0 Å². The van der Waals surface area contributed by atoms with Crippen molar-refractivity contribution in [2.24, 2.45) is 0 Å². The summed E-state index contributed by atoms with van der Waals surface area (Å²) in [6.45, 7) is 2.11. The molecular weight excluding hydrogens is 231 g/mol. The molecule has 0 unspecified atom stereocenters. The maximum absolute atomic E-state index is 12.5. The Bertz CT molecular complexity index is 363. The maximum Gasteiger partial charge on any atom is 0.405 e. The summed E-state index contributed by atoms with van der Waals surface area (Å²) in [5.41, 5.74) is 0.938. The van der Waals surface area contributed by atoms with Crippen molar-refractivity contribution in [2.45, 2.75) is 32.7 Å². The molecule has 1 aromatic carbocycles. The average Bonchev–Trinajstić information content (AvgIpc) is 2.24. The van der Waals surface area contributed by atoms with E-state index in [1.54, 1.807) is 38.1 Å². The number of hydrogen-bond donors (Lipinski definition) is 1. The minimum atomic E-state index is -4.26. The van der Waals surface area contributed by atoms with E-state index in [2.05, 4.69) is 0 Å². The molecule has 2 nitrogen and oxygen atoms in total. The largest absolute Gasteiger partial charge is 0.405 e. The number of nitrogens with zero attached hydrogens (tertiary/aromatic N) is 1. The SMILES string of the molecule is CC(C)N(CC(F)(F)F)c1ccccc1CO. The van der Waals surface area contributed by atoms with Crippen molar-refractivity contribution >= 4 is 5.69 Å². The molecule has 0 bridgehead atoms. The Labute approximate surface area is 98.7 Å². The van der Waals surface area contributed by atoms with Crippen LogP contribution in [0.25, 0.3) is 0 Å². The lowest BCUT2D eigenvalue weighted by Crippen LogP contribution is -2.39. The average molecular weight is 247 g/mol. The van der Waals surface area contributed by atoms with Gasteiger partial charge in [0, 0.05) is 17.3 Å². The first-order valence-corrected chi connectivity index (χ1v) is 5.37. The number of rotatable bonds is 4. The van der Waals surface area contributed by atoms with Crippen LogP contribution < -0.4 is 4.90 Å². The van der Waals surface area contributed by atoms with E-state index in [4.69, 9.17) is 5.11 Å². The van der Waals surface area contributed by atoms with Crippen molar-refractivity contribution in [3.8, 4) is 0 Å². The van der Waals surface area contributed by atoms with Gasteiger partial charge >= 0.3 is 6.18 Å². The molecular formula is C12H16F3NO. The third-order valence-electron chi connectivity index (χ3n) is 2.44. The molecule has 0 radical (unpaired) electrons. The van der Waals surface area contributed by atoms with Crippen molar-refractivity contribution in [1.29, 1.82) is 0 Å². The van der Waals surface area contributed by atoms with Gasteiger partial charge in [-0.15, -0.1) is 0 Å². The van der Waals surface area contributed by atoms with Crippen LogP contribution in [0.5, 0.6) is 0 Å². The number of benzene rings is 1. The van der Waals surface area contributed by atoms with E-state index in [9.17, 15) is 13.2 Å². The molecule has 96 valence electrons. The van der Waals surface area contributed by atoms with Gasteiger partial charge in [0.05, 0.1) is 6.61 Å². The minimum absolute atomic E-state index is 0.267. The van der Waals surface area contributed by atoms with Crippen LogP contribution in [0.3, 0.4) is 0 Å². The van der Waals surface area contributed by atoms with Crippen molar-refractivity contribution in [3.05, 3.63) is 29.8 Å². The van der Waals surface area contributed by atoms with E-state index < -0.39 is 12.7 Å². The van der Waals surface area contributed by atoms with Crippen LogP contribution in [-0.4, -0.2) is 23.9 Å². The zero-order chi connectivity index (χ0) is 13.1. The number of aliphatic hydroxyl groups excluding tert-OH is 1.